The molecular formula is C17H25F2N5O2S. The lowest BCUT2D eigenvalue weighted by Crippen LogP contribution is -2.38. The molecule has 1 heterocycles. The number of rotatable bonds is 9. The van der Waals surface area contributed by atoms with Gasteiger partial charge in [0.25, 0.3) is 0 Å². The Hall–Kier alpha value is -2.04. The Morgan fingerprint density at radius 3 is 2.63 bits per heavy atom. The molecule has 1 aromatic carbocycles. The number of hydrogen-bond acceptors (Lipinski definition) is 6. The second-order valence-corrected chi connectivity index (χ2v) is 6.68. The van der Waals surface area contributed by atoms with E-state index in [2.05, 4.69) is 16.2 Å². The highest BCUT2D eigenvalue weighted by atomic mass is 32.1. The summed E-state index contributed by atoms with van der Waals surface area (Å²) in [6, 6.07) is 2.32. The van der Waals surface area contributed by atoms with Crippen molar-refractivity contribution in [3.63, 3.8) is 0 Å². The predicted molar refractivity (Wildman–Crippen MR) is 105 cm³/mol. The molecule has 27 heavy (non-hydrogen) atoms. The fourth-order valence-corrected chi connectivity index (χ4v) is 2.93. The summed E-state index contributed by atoms with van der Waals surface area (Å²) in [7, 11) is 1.72. The Morgan fingerprint density at radius 1 is 1.41 bits per heavy atom. The number of nitrogens with one attached hydrogen (secondary N) is 3. The van der Waals surface area contributed by atoms with Gasteiger partial charge in [-0.25, -0.2) is 13.6 Å². The number of benzene rings is 1. The number of halogens is 2. The highest BCUT2D eigenvalue weighted by molar-refractivity contribution is 7.80. The predicted octanol–water partition coefficient (Wildman–Crippen LogP) is 1.78. The Morgan fingerprint density at radius 2 is 2.07 bits per heavy atom. The molecule has 1 amide bonds. The number of hydrazine groups is 1. The Balaban J connectivity index is 2.15. The van der Waals surface area contributed by atoms with Crippen LogP contribution in [0.2, 0.25) is 0 Å². The minimum absolute atomic E-state index is 0.110. The zero-order chi connectivity index (χ0) is 20.0. The number of anilines is 2. The van der Waals surface area contributed by atoms with Crippen LogP contribution in [0.3, 0.4) is 0 Å². The van der Waals surface area contributed by atoms with Gasteiger partial charge >= 0.3 is 6.09 Å². The standard InChI is InChI=1S/C17H25F2N5O2S/c1-4-23(6-5-22-20-3)16-14(18)7-12(8-15(16)19)24-10-13(26-17(24)25)9-21-11(2)27/h7-8,13,20,22H,4-6,9-10H2,1-3H3,(H,21,27)/t13-/m0/s1. The van der Waals surface area contributed by atoms with Crippen LogP contribution in [0.1, 0.15) is 13.8 Å². The van der Waals surface area contributed by atoms with Gasteiger partial charge in [0.05, 0.1) is 23.8 Å². The van der Waals surface area contributed by atoms with Crippen molar-refractivity contribution in [3.05, 3.63) is 23.8 Å². The van der Waals surface area contributed by atoms with E-state index in [0.717, 1.165) is 12.1 Å². The molecule has 10 heteroatoms. The number of amides is 1. The first-order chi connectivity index (χ1) is 12.9. The molecule has 1 aromatic rings. The normalized spacial score (nSPS) is 16.4. The number of carbonyl (C=O) groups is 1. The van der Waals surface area contributed by atoms with Crippen LogP contribution < -0.4 is 26.0 Å². The second kappa shape index (κ2) is 9.77. The van der Waals surface area contributed by atoms with Crippen molar-refractivity contribution in [2.75, 3.05) is 49.6 Å². The largest absolute Gasteiger partial charge is 0.442 e. The van der Waals surface area contributed by atoms with E-state index in [0.29, 0.717) is 31.2 Å². The number of carbonyl (C=O) groups excluding carboxylic acids is 1. The monoisotopic (exact) mass is 401 g/mol. The summed E-state index contributed by atoms with van der Waals surface area (Å²) < 4.78 is 34.5. The molecule has 0 unspecified atom stereocenters. The fourth-order valence-electron chi connectivity index (χ4n) is 2.85. The second-order valence-electron chi connectivity index (χ2n) is 6.07. The Kier molecular flexibility index (Phi) is 7.69. The molecule has 1 fully saturated rings. The van der Waals surface area contributed by atoms with E-state index in [1.165, 1.54) is 4.90 Å². The van der Waals surface area contributed by atoms with E-state index in [4.69, 9.17) is 17.0 Å². The fraction of sp³-hybridized carbons (Fsp3) is 0.529. The molecule has 0 aromatic heterocycles. The molecule has 0 bridgehead atoms. The molecule has 0 radical (unpaired) electrons. The third-order valence-electron chi connectivity index (χ3n) is 4.15. The minimum Gasteiger partial charge on any atom is -0.442 e. The molecule has 2 rings (SSSR count). The van der Waals surface area contributed by atoms with Crippen molar-refractivity contribution in [3.8, 4) is 0 Å². The zero-order valence-corrected chi connectivity index (χ0v) is 16.5. The highest BCUT2D eigenvalue weighted by Gasteiger charge is 2.33. The minimum atomic E-state index is -0.722. The highest BCUT2D eigenvalue weighted by Crippen LogP contribution is 2.30. The summed E-state index contributed by atoms with van der Waals surface area (Å²) in [5, 5.41) is 2.92. The van der Waals surface area contributed by atoms with E-state index < -0.39 is 23.8 Å². The van der Waals surface area contributed by atoms with Crippen molar-refractivity contribution in [2.45, 2.75) is 20.0 Å². The number of ether oxygens (including phenoxy) is 1. The lowest BCUT2D eigenvalue weighted by atomic mass is 10.2. The van der Waals surface area contributed by atoms with Crippen LogP contribution >= 0.6 is 12.2 Å². The molecule has 1 aliphatic rings. The molecule has 0 spiro atoms. The number of thiocarbonyl (C=S) groups is 1. The molecule has 1 saturated heterocycles. The summed E-state index contributed by atoms with van der Waals surface area (Å²) in [5.74, 6) is -1.44. The first kappa shape index (κ1) is 21.3. The maximum atomic E-state index is 14.7. The SMILES string of the molecule is CCN(CCNNC)c1c(F)cc(N2C[C@H](CNC(C)=S)OC2=O)cc1F. The van der Waals surface area contributed by atoms with Gasteiger partial charge in [0.2, 0.25) is 0 Å². The molecular weight excluding hydrogens is 376 g/mol. The van der Waals surface area contributed by atoms with Gasteiger partial charge in [-0.1, -0.05) is 12.2 Å². The Bertz CT molecular complexity index is 668. The first-order valence-corrected chi connectivity index (χ1v) is 9.14. The van der Waals surface area contributed by atoms with Crippen LogP contribution in [0.15, 0.2) is 12.1 Å². The van der Waals surface area contributed by atoms with Crippen molar-refractivity contribution in [1.82, 2.24) is 16.2 Å². The van der Waals surface area contributed by atoms with Gasteiger partial charge in [-0.2, -0.15) is 0 Å². The molecule has 0 aliphatic carbocycles. The Labute approximate surface area is 163 Å². The van der Waals surface area contributed by atoms with Gasteiger partial charge < -0.3 is 15.0 Å². The van der Waals surface area contributed by atoms with Crippen LogP contribution in [0, 0.1) is 11.6 Å². The molecule has 150 valence electrons. The van der Waals surface area contributed by atoms with Crippen molar-refractivity contribution in [1.29, 1.82) is 0 Å². The van der Waals surface area contributed by atoms with Gasteiger partial charge in [0.1, 0.15) is 11.8 Å². The number of hydrogen-bond donors (Lipinski definition) is 3. The van der Waals surface area contributed by atoms with E-state index in [9.17, 15) is 13.6 Å². The van der Waals surface area contributed by atoms with Gasteiger partial charge in [0, 0.05) is 31.8 Å². The number of cyclic esters (lactones) is 1. The lowest BCUT2D eigenvalue weighted by Gasteiger charge is -2.25. The topological polar surface area (TPSA) is 68.9 Å². The van der Waals surface area contributed by atoms with Crippen molar-refractivity contribution >= 4 is 34.7 Å². The van der Waals surface area contributed by atoms with E-state index in [1.807, 2.05) is 6.92 Å². The maximum Gasteiger partial charge on any atom is 0.414 e. The third kappa shape index (κ3) is 5.47. The quantitative estimate of drug-likeness (QED) is 0.331. The van der Waals surface area contributed by atoms with Gasteiger partial charge in [0.15, 0.2) is 11.6 Å². The van der Waals surface area contributed by atoms with E-state index in [-0.39, 0.29) is 17.9 Å². The smallest absolute Gasteiger partial charge is 0.414 e. The molecule has 1 atom stereocenters. The van der Waals surface area contributed by atoms with E-state index in [1.54, 1.807) is 18.9 Å². The van der Waals surface area contributed by atoms with E-state index >= 15 is 0 Å². The molecule has 0 saturated carbocycles. The lowest BCUT2D eigenvalue weighted by molar-refractivity contribution is 0.143. The summed E-state index contributed by atoms with van der Waals surface area (Å²) in [5.41, 5.74) is 5.67. The van der Waals surface area contributed by atoms with Crippen LogP contribution in [0.4, 0.5) is 25.0 Å². The maximum absolute atomic E-state index is 14.7. The number of likely N-dealkylation sites (N-methyl/N-ethyl adjacent to an activating group) is 1. The summed E-state index contributed by atoms with van der Waals surface area (Å²) in [4.78, 5) is 15.5. The van der Waals surface area contributed by atoms with Crippen LogP contribution in [-0.4, -0.2) is 57.0 Å². The van der Waals surface area contributed by atoms with Crippen molar-refractivity contribution in [2.24, 2.45) is 0 Å². The first-order valence-electron chi connectivity index (χ1n) is 8.73. The molecule has 1 aliphatic heterocycles. The van der Waals surface area contributed by atoms with Crippen molar-refractivity contribution < 1.29 is 18.3 Å². The van der Waals surface area contributed by atoms with Gasteiger partial charge in [-0.3, -0.25) is 15.8 Å². The number of nitrogens with zero attached hydrogens (tertiary/aromatic N) is 2. The molecule has 3 N–H and O–H groups in total. The van der Waals surface area contributed by atoms with Crippen LogP contribution in [0.25, 0.3) is 0 Å². The summed E-state index contributed by atoms with van der Waals surface area (Å²) in [6.07, 6.45) is -1.08. The third-order valence-corrected chi connectivity index (χ3v) is 4.29. The van der Waals surface area contributed by atoms with Crippen LogP contribution in [-0.2, 0) is 4.74 Å². The van der Waals surface area contributed by atoms with Crippen LogP contribution in [0.5, 0.6) is 0 Å². The average Bonchev–Trinajstić information content (AvgIpc) is 2.98. The summed E-state index contributed by atoms with van der Waals surface area (Å²) >= 11 is 4.93. The average molecular weight is 401 g/mol. The molecule has 7 nitrogen and oxygen atoms in total. The summed E-state index contributed by atoms with van der Waals surface area (Å²) in [6.45, 7) is 5.45. The zero-order valence-electron chi connectivity index (χ0n) is 15.6. The van der Waals surface area contributed by atoms with Gasteiger partial charge in [-0.15, -0.1) is 0 Å². The van der Waals surface area contributed by atoms with Gasteiger partial charge in [-0.05, 0) is 20.9 Å².